The van der Waals surface area contributed by atoms with Gasteiger partial charge in [0.15, 0.2) is 11.6 Å². The number of hydrogen-bond acceptors (Lipinski definition) is 6. The first kappa shape index (κ1) is 15.0. The Bertz CT molecular complexity index is 497. The molecule has 21 heavy (non-hydrogen) atoms. The lowest BCUT2D eigenvalue weighted by Crippen LogP contribution is -2.48. The fourth-order valence-electron chi connectivity index (χ4n) is 2.08. The summed E-state index contributed by atoms with van der Waals surface area (Å²) in [6.07, 6.45) is -0.547. The average Bonchev–Trinajstić information content (AvgIpc) is 2.48. The van der Waals surface area contributed by atoms with Crippen molar-refractivity contribution in [3.8, 4) is 0 Å². The van der Waals surface area contributed by atoms with Gasteiger partial charge in [-0.25, -0.2) is 4.79 Å². The summed E-state index contributed by atoms with van der Waals surface area (Å²) in [5.74, 6) is 1.17. The number of nitrogens with zero attached hydrogens (tertiary/aromatic N) is 4. The van der Waals surface area contributed by atoms with E-state index in [0.717, 1.165) is 18.9 Å². The van der Waals surface area contributed by atoms with Crippen LogP contribution in [0.5, 0.6) is 0 Å². The molecule has 2 heterocycles. The fourth-order valence-corrected chi connectivity index (χ4v) is 2.08. The molecule has 0 aromatic carbocycles. The number of ether oxygens (including phenoxy) is 1. The van der Waals surface area contributed by atoms with E-state index in [2.05, 4.69) is 20.4 Å². The van der Waals surface area contributed by atoms with Crippen LogP contribution in [-0.2, 0) is 9.53 Å². The highest BCUT2D eigenvalue weighted by atomic mass is 16.5. The number of carbonyl (C=O) groups excluding carboxylic acids is 2. The van der Waals surface area contributed by atoms with Crippen LogP contribution in [0.15, 0.2) is 12.1 Å². The minimum atomic E-state index is -0.547. The molecule has 8 heteroatoms. The maximum atomic E-state index is 11.3. The van der Waals surface area contributed by atoms with Crippen molar-refractivity contribution in [3.05, 3.63) is 12.1 Å². The lowest BCUT2D eigenvalue weighted by Gasteiger charge is -2.34. The summed E-state index contributed by atoms with van der Waals surface area (Å²) in [7, 11) is 0. The number of rotatable bonds is 3. The maximum Gasteiger partial charge on any atom is 0.412 e. The summed E-state index contributed by atoms with van der Waals surface area (Å²) >= 11 is 0. The molecule has 1 aliphatic rings. The summed E-state index contributed by atoms with van der Waals surface area (Å²) in [5.41, 5.74) is 0. The molecule has 0 aliphatic carbocycles. The molecule has 8 nitrogen and oxygen atoms in total. The molecular formula is C13H19N5O3. The van der Waals surface area contributed by atoms with Crippen molar-refractivity contribution in [1.29, 1.82) is 0 Å². The fraction of sp³-hybridized carbons (Fsp3) is 0.538. The molecule has 0 atom stereocenters. The number of nitrogens with one attached hydrogen (secondary N) is 1. The van der Waals surface area contributed by atoms with Gasteiger partial charge in [0.1, 0.15) is 0 Å². The minimum Gasteiger partial charge on any atom is -0.450 e. The quantitative estimate of drug-likeness (QED) is 0.883. The van der Waals surface area contributed by atoms with Crippen molar-refractivity contribution in [2.45, 2.75) is 13.8 Å². The van der Waals surface area contributed by atoms with Crippen molar-refractivity contribution in [1.82, 2.24) is 15.1 Å². The first-order valence-electron chi connectivity index (χ1n) is 6.88. The van der Waals surface area contributed by atoms with E-state index in [0.29, 0.717) is 25.5 Å². The van der Waals surface area contributed by atoms with E-state index in [1.165, 1.54) is 0 Å². The Hall–Kier alpha value is -2.38. The van der Waals surface area contributed by atoms with Crippen LogP contribution in [0, 0.1) is 0 Å². The average molecular weight is 293 g/mol. The van der Waals surface area contributed by atoms with Crippen molar-refractivity contribution in [2.24, 2.45) is 0 Å². The number of hydrogen-bond donors (Lipinski definition) is 1. The molecule has 1 aromatic heterocycles. The van der Waals surface area contributed by atoms with Crippen LogP contribution < -0.4 is 10.2 Å². The molecule has 0 bridgehead atoms. The third-order valence-electron chi connectivity index (χ3n) is 3.21. The molecule has 0 spiro atoms. The first-order valence-corrected chi connectivity index (χ1v) is 6.88. The van der Waals surface area contributed by atoms with Gasteiger partial charge in [0.05, 0.1) is 6.61 Å². The van der Waals surface area contributed by atoms with E-state index in [-0.39, 0.29) is 5.91 Å². The summed E-state index contributed by atoms with van der Waals surface area (Å²) in [4.78, 5) is 26.4. The van der Waals surface area contributed by atoms with Crippen LogP contribution in [-0.4, -0.2) is 59.9 Å². The summed E-state index contributed by atoms with van der Waals surface area (Å²) in [5, 5.41) is 10.5. The Morgan fingerprint density at radius 2 is 1.95 bits per heavy atom. The zero-order valence-corrected chi connectivity index (χ0v) is 12.2. The monoisotopic (exact) mass is 293 g/mol. The van der Waals surface area contributed by atoms with Gasteiger partial charge in [-0.05, 0) is 19.1 Å². The third-order valence-corrected chi connectivity index (χ3v) is 3.21. The van der Waals surface area contributed by atoms with Gasteiger partial charge in [0, 0.05) is 33.1 Å². The number of piperazine rings is 1. The summed E-state index contributed by atoms with van der Waals surface area (Å²) in [6.45, 7) is 6.41. The second-order valence-electron chi connectivity index (χ2n) is 4.62. The zero-order chi connectivity index (χ0) is 15.2. The highest BCUT2D eigenvalue weighted by Gasteiger charge is 2.19. The predicted molar refractivity (Wildman–Crippen MR) is 77.1 cm³/mol. The van der Waals surface area contributed by atoms with Crippen LogP contribution in [0.3, 0.4) is 0 Å². The Labute approximate surface area is 123 Å². The highest BCUT2D eigenvalue weighted by molar-refractivity contribution is 5.83. The lowest BCUT2D eigenvalue weighted by atomic mass is 10.3. The van der Waals surface area contributed by atoms with Crippen LogP contribution >= 0.6 is 0 Å². The Kier molecular flexibility index (Phi) is 4.91. The van der Waals surface area contributed by atoms with Gasteiger partial charge in [-0.3, -0.25) is 10.1 Å². The van der Waals surface area contributed by atoms with Crippen molar-refractivity contribution < 1.29 is 14.3 Å². The molecule has 114 valence electrons. The molecule has 1 aliphatic heterocycles. The van der Waals surface area contributed by atoms with Crippen LogP contribution in [0.1, 0.15) is 13.8 Å². The Balaban J connectivity index is 1.91. The van der Waals surface area contributed by atoms with E-state index in [9.17, 15) is 9.59 Å². The van der Waals surface area contributed by atoms with E-state index in [1.54, 1.807) is 30.9 Å². The normalized spacial score (nSPS) is 14.8. The Morgan fingerprint density at radius 1 is 1.24 bits per heavy atom. The SMILES string of the molecule is CCOC(=O)Nc1ccc(N2CCN(C(C)=O)CC2)nn1. The van der Waals surface area contributed by atoms with Gasteiger partial charge in [0.2, 0.25) is 5.91 Å². The molecule has 1 saturated heterocycles. The van der Waals surface area contributed by atoms with E-state index < -0.39 is 6.09 Å². The lowest BCUT2D eigenvalue weighted by molar-refractivity contribution is -0.129. The number of aromatic nitrogens is 2. The van der Waals surface area contributed by atoms with Gasteiger partial charge in [-0.1, -0.05) is 0 Å². The molecule has 1 fully saturated rings. The molecule has 2 amide bonds. The number of carbonyl (C=O) groups is 2. The molecule has 0 saturated carbocycles. The van der Waals surface area contributed by atoms with Gasteiger partial charge in [-0.2, -0.15) is 0 Å². The van der Waals surface area contributed by atoms with Crippen LogP contribution in [0.2, 0.25) is 0 Å². The molecule has 1 N–H and O–H groups in total. The topological polar surface area (TPSA) is 87.7 Å². The highest BCUT2D eigenvalue weighted by Crippen LogP contribution is 2.14. The number of anilines is 2. The maximum absolute atomic E-state index is 11.3. The van der Waals surface area contributed by atoms with Crippen molar-refractivity contribution in [3.63, 3.8) is 0 Å². The van der Waals surface area contributed by atoms with Crippen molar-refractivity contribution in [2.75, 3.05) is 43.0 Å². The van der Waals surface area contributed by atoms with Gasteiger partial charge >= 0.3 is 6.09 Å². The number of amides is 2. The van der Waals surface area contributed by atoms with Crippen molar-refractivity contribution >= 4 is 23.6 Å². The van der Waals surface area contributed by atoms with Gasteiger partial charge in [0.25, 0.3) is 0 Å². The third kappa shape index (κ3) is 4.04. The molecule has 0 unspecified atom stereocenters. The minimum absolute atomic E-state index is 0.0923. The largest absolute Gasteiger partial charge is 0.450 e. The standard InChI is InChI=1S/C13H19N5O3/c1-3-21-13(20)14-11-4-5-12(16-15-11)18-8-6-17(7-9-18)10(2)19/h4-5H,3,6-9H2,1-2H3,(H,14,15,20). The Morgan fingerprint density at radius 3 is 2.48 bits per heavy atom. The molecule has 1 aromatic rings. The molecular weight excluding hydrogens is 274 g/mol. The zero-order valence-electron chi connectivity index (χ0n) is 12.2. The summed E-state index contributed by atoms with van der Waals surface area (Å²) < 4.78 is 4.76. The van der Waals surface area contributed by atoms with Crippen LogP contribution in [0.4, 0.5) is 16.4 Å². The second kappa shape index (κ2) is 6.87. The first-order chi connectivity index (χ1) is 10.1. The van der Waals surface area contributed by atoms with E-state index in [1.807, 2.05) is 0 Å². The van der Waals surface area contributed by atoms with Gasteiger partial charge < -0.3 is 14.5 Å². The van der Waals surface area contributed by atoms with Gasteiger partial charge in [-0.15, -0.1) is 10.2 Å². The smallest absolute Gasteiger partial charge is 0.412 e. The van der Waals surface area contributed by atoms with Crippen LogP contribution in [0.25, 0.3) is 0 Å². The molecule has 0 radical (unpaired) electrons. The molecule has 2 rings (SSSR count). The summed E-state index contributed by atoms with van der Waals surface area (Å²) in [6, 6.07) is 3.47. The van der Waals surface area contributed by atoms with E-state index in [4.69, 9.17) is 4.74 Å². The van der Waals surface area contributed by atoms with E-state index >= 15 is 0 Å². The predicted octanol–water partition coefficient (Wildman–Crippen LogP) is 0.713. The second-order valence-corrected chi connectivity index (χ2v) is 4.62.